The zero-order chi connectivity index (χ0) is 21.8. The van der Waals surface area contributed by atoms with Gasteiger partial charge in [-0.25, -0.2) is 0 Å². The average molecular weight is 412 g/mol. The zero-order valence-corrected chi connectivity index (χ0v) is 21.0. The molecule has 29 heavy (non-hydrogen) atoms. The number of aliphatic hydroxyl groups excluding tert-OH is 1. The number of rotatable bonds is 22. The van der Waals surface area contributed by atoms with Gasteiger partial charge in [0.15, 0.2) is 0 Å². The molecule has 2 nitrogen and oxygen atoms in total. The van der Waals surface area contributed by atoms with E-state index in [1.165, 1.54) is 116 Å². The Morgan fingerprint density at radius 2 is 0.931 bits per heavy atom. The molecule has 0 radical (unpaired) electrons. The summed E-state index contributed by atoms with van der Waals surface area (Å²) < 4.78 is 0. The molecule has 0 saturated heterocycles. The van der Waals surface area contributed by atoms with Gasteiger partial charge >= 0.3 is 0 Å². The van der Waals surface area contributed by atoms with E-state index in [1.54, 1.807) is 0 Å². The van der Waals surface area contributed by atoms with Gasteiger partial charge in [-0.1, -0.05) is 130 Å². The van der Waals surface area contributed by atoms with Crippen molar-refractivity contribution < 1.29 is 5.11 Å². The summed E-state index contributed by atoms with van der Waals surface area (Å²) in [6, 6.07) is 0. The first-order valence-corrected chi connectivity index (χ1v) is 13.5. The molecule has 176 valence electrons. The van der Waals surface area contributed by atoms with E-state index in [0.717, 1.165) is 0 Å². The van der Waals surface area contributed by atoms with Crippen molar-refractivity contribution in [3.8, 4) is 0 Å². The average Bonchev–Trinajstić information content (AvgIpc) is 2.75. The molecule has 0 aliphatic carbocycles. The summed E-state index contributed by atoms with van der Waals surface area (Å²) in [7, 11) is 2.09. The summed E-state index contributed by atoms with van der Waals surface area (Å²) in [5, 5.41) is 14.2. The van der Waals surface area contributed by atoms with Gasteiger partial charge in [0.25, 0.3) is 0 Å². The van der Waals surface area contributed by atoms with Gasteiger partial charge in [0.05, 0.1) is 6.61 Å². The highest BCUT2D eigenvalue weighted by molar-refractivity contribution is 4.98. The molecule has 2 atom stereocenters. The molecule has 2 heteroatoms. The largest absolute Gasteiger partial charge is 0.394 e. The SMILES string of the molecule is CCCCCCCCCC(CC)C(CO)(NC)C(CC)CCCCCCCCC. The first kappa shape index (κ1) is 28.9. The van der Waals surface area contributed by atoms with Crippen molar-refractivity contribution in [2.75, 3.05) is 13.7 Å². The highest BCUT2D eigenvalue weighted by Gasteiger charge is 2.41. The van der Waals surface area contributed by atoms with Gasteiger partial charge in [0.2, 0.25) is 0 Å². The second-order valence-electron chi connectivity index (χ2n) is 9.48. The van der Waals surface area contributed by atoms with Gasteiger partial charge in [-0.15, -0.1) is 0 Å². The summed E-state index contributed by atoms with van der Waals surface area (Å²) in [6.07, 6.45) is 24.1. The third kappa shape index (κ3) is 11.8. The molecule has 0 rings (SSSR count). The third-order valence-corrected chi connectivity index (χ3v) is 7.48. The molecule has 0 heterocycles. The van der Waals surface area contributed by atoms with Crippen LogP contribution in [0.15, 0.2) is 0 Å². The van der Waals surface area contributed by atoms with Crippen molar-refractivity contribution in [3.05, 3.63) is 0 Å². The minimum atomic E-state index is -0.0894. The van der Waals surface area contributed by atoms with E-state index in [-0.39, 0.29) is 12.1 Å². The standard InChI is InChI=1S/C27H57NO/c1-6-10-12-14-16-18-20-22-25(8-3)27(24-29,28-5)26(9-4)23-21-19-17-15-13-11-7-2/h25-26,28-29H,6-24H2,1-5H3. The number of aliphatic hydroxyl groups is 1. The van der Waals surface area contributed by atoms with Crippen LogP contribution in [0.3, 0.4) is 0 Å². The molecule has 0 bridgehead atoms. The van der Waals surface area contributed by atoms with Gasteiger partial charge in [0.1, 0.15) is 0 Å². The number of hydrogen-bond acceptors (Lipinski definition) is 2. The maximum absolute atomic E-state index is 10.5. The summed E-state index contributed by atoms with van der Waals surface area (Å²) in [4.78, 5) is 0. The third-order valence-electron chi connectivity index (χ3n) is 7.48. The number of unbranched alkanes of at least 4 members (excludes halogenated alkanes) is 12. The molecule has 0 saturated carbocycles. The summed E-state index contributed by atoms with van der Waals surface area (Å²) in [5.41, 5.74) is -0.0894. The summed E-state index contributed by atoms with van der Waals surface area (Å²) in [5.74, 6) is 1.17. The molecule has 0 fully saturated rings. The Labute approximate surface area is 185 Å². The summed E-state index contributed by atoms with van der Waals surface area (Å²) in [6.45, 7) is 9.51. The van der Waals surface area contributed by atoms with Crippen LogP contribution in [-0.4, -0.2) is 24.3 Å². The van der Waals surface area contributed by atoms with E-state index in [9.17, 15) is 5.11 Å². The Morgan fingerprint density at radius 1 is 0.586 bits per heavy atom. The Kier molecular flexibility index (Phi) is 19.8. The van der Waals surface area contributed by atoms with Crippen LogP contribution >= 0.6 is 0 Å². The Morgan fingerprint density at radius 3 is 1.21 bits per heavy atom. The fourth-order valence-corrected chi connectivity index (χ4v) is 5.43. The van der Waals surface area contributed by atoms with Gasteiger partial charge < -0.3 is 10.4 Å². The van der Waals surface area contributed by atoms with Gasteiger partial charge in [-0.2, -0.15) is 0 Å². The minimum Gasteiger partial charge on any atom is -0.394 e. The smallest absolute Gasteiger partial charge is 0.0618 e. The molecule has 2 unspecified atom stereocenters. The number of hydrogen-bond donors (Lipinski definition) is 2. The lowest BCUT2D eigenvalue weighted by Crippen LogP contribution is -2.58. The molecule has 0 amide bonds. The Balaban J connectivity index is 4.54. The van der Waals surface area contributed by atoms with Crippen molar-refractivity contribution in [3.63, 3.8) is 0 Å². The number of nitrogens with one attached hydrogen (secondary N) is 1. The van der Waals surface area contributed by atoms with Gasteiger partial charge in [-0.3, -0.25) is 0 Å². The van der Waals surface area contributed by atoms with Crippen molar-refractivity contribution in [2.45, 2.75) is 149 Å². The van der Waals surface area contributed by atoms with Crippen molar-refractivity contribution in [1.29, 1.82) is 0 Å². The lowest BCUT2D eigenvalue weighted by atomic mass is 9.68. The first-order valence-electron chi connectivity index (χ1n) is 13.5. The fraction of sp³-hybridized carbons (Fsp3) is 1.00. The molecule has 0 aromatic rings. The number of likely N-dealkylation sites (N-methyl/N-ethyl adjacent to an activating group) is 1. The van der Waals surface area contributed by atoms with Gasteiger partial charge in [-0.05, 0) is 31.7 Å². The minimum absolute atomic E-state index is 0.0894. The van der Waals surface area contributed by atoms with E-state index >= 15 is 0 Å². The highest BCUT2D eigenvalue weighted by Crippen LogP contribution is 2.37. The lowest BCUT2D eigenvalue weighted by molar-refractivity contribution is 0.0398. The molecular formula is C27H57NO. The predicted molar refractivity (Wildman–Crippen MR) is 132 cm³/mol. The quantitative estimate of drug-likeness (QED) is 0.176. The van der Waals surface area contributed by atoms with Crippen LogP contribution in [0.5, 0.6) is 0 Å². The van der Waals surface area contributed by atoms with E-state index in [0.29, 0.717) is 11.8 Å². The molecule has 2 N–H and O–H groups in total. The van der Waals surface area contributed by atoms with Gasteiger partial charge in [0, 0.05) is 5.54 Å². The molecule has 0 aliphatic heterocycles. The maximum Gasteiger partial charge on any atom is 0.0618 e. The highest BCUT2D eigenvalue weighted by atomic mass is 16.3. The van der Waals surface area contributed by atoms with Crippen LogP contribution in [0.25, 0.3) is 0 Å². The topological polar surface area (TPSA) is 32.3 Å². The zero-order valence-electron chi connectivity index (χ0n) is 21.0. The van der Waals surface area contributed by atoms with Crippen LogP contribution in [0.1, 0.15) is 143 Å². The summed E-state index contributed by atoms with van der Waals surface area (Å²) >= 11 is 0. The monoisotopic (exact) mass is 411 g/mol. The van der Waals surface area contributed by atoms with E-state index in [4.69, 9.17) is 0 Å². The van der Waals surface area contributed by atoms with Crippen LogP contribution < -0.4 is 5.32 Å². The Bertz CT molecular complexity index is 298. The predicted octanol–water partition coefficient (Wildman–Crippen LogP) is 8.27. The molecule has 0 aromatic carbocycles. The van der Waals surface area contributed by atoms with Crippen LogP contribution in [0.4, 0.5) is 0 Å². The van der Waals surface area contributed by atoms with E-state index in [1.807, 2.05) is 0 Å². The van der Waals surface area contributed by atoms with Crippen LogP contribution in [0.2, 0.25) is 0 Å². The molecule has 0 spiro atoms. The van der Waals surface area contributed by atoms with Crippen molar-refractivity contribution in [2.24, 2.45) is 11.8 Å². The fourth-order valence-electron chi connectivity index (χ4n) is 5.43. The molecular weight excluding hydrogens is 354 g/mol. The maximum atomic E-state index is 10.5. The van der Waals surface area contributed by atoms with Crippen molar-refractivity contribution in [1.82, 2.24) is 5.32 Å². The van der Waals surface area contributed by atoms with Crippen molar-refractivity contribution >= 4 is 0 Å². The molecule has 0 aliphatic rings. The normalized spacial score (nSPS) is 15.9. The molecule has 0 aromatic heterocycles. The second kappa shape index (κ2) is 19.9. The van der Waals surface area contributed by atoms with E-state index < -0.39 is 0 Å². The first-order chi connectivity index (χ1) is 14.2. The van der Waals surface area contributed by atoms with Crippen LogP contribution in [-0.2, 0) is 0 Å². The van der Waals surface area contributed by atoms with E-state index in [2.05, 4.69) is 40.1 Å². The lowest BCUT2D eigenvalue weighted by Gasteiger charge is -2.45. The second-order valence-corrected chi connectivity index (χ2v) is 9.48. The van der Waals surface area contributed by atoms with Crippen LogP contribution in [0, 0.1) is 11.8 Å². The Hall–Kier alpha value is -0.0800.